The number of hydrogen-bond acceptors (Lipinski definition) is 1. The van der Waals surface area contributed by atoms with E-state index in [9.17, 15) is 18.0 Å². The Hall–Kier alpha value is -2.56. The van der Waals surface area contributed by atoms with Crippen LogP contribution < -0.4 is 0 Å². The number of aryl methyl sites for hydroxylation is 1. The summed E-state index contributed by atoms with van der Waals surface area (Å²) in [6.07, 6.45) is 4.08. The SMILES string of the molecule is CCCCCCCCn1cc(C(=O)c2ccccc2C(F)(F)F)c2ccccc21. The van der Waals surface area contributed by atoms with Crippen LogP contribution in [0.1, 0.15) is 66.9 Å². The second-order valence-electron chi connectivity index (χ2n) is 7.39. The van der Waals surface area contributed by atoms with Crippen LogP contribution in [0.3, 0.4) is 0 Å². The molecule has 0 aliphatic carbocycles. The zero-order valence-electron chi connectivity index (χ0n) is 16.6. The zero-order chi connectivity index (χ0) is 20.9. The van der Waals surface area contributed by atoms with Crippen molar-refractivity contribution in [1.29, 1.82) is 0 Å². The number of alkyl halides is 3. The Kier molecular flexibility index (Phi) is 6.78. The van der Waals surface area contributed by atoms with Crippen LogP contribution in [0.25, 0.3) is 10.9 Å². The zero-order valence-corrected chi connectivity index (χ0v) is 16.6. The van der Waals surface area contributed by atoms with E-state index < -0.39 is 17.5 Å². The fourth-order valence-electron chi connectivity index (χ4n) is 3.75. The van der Waals surface area contributed by atoms with Crippen LogP contribution >= 0.6 is 0 Å². The summed E-state index contributed by atoms with van der Waals surface area (Å²) in [6.45, 7) is 2.93. The molecule has 0 fully saturated rings. The Balaban J connectivity index is 1.88. The van der Waals surface area contributed by atoms with Crippen molar-refractivity contribution in [3.63, 3.8) is 0 Å². The highest BCUT2D eigenvalue weighted by Gasteiger charge is 2.35. The number of carbonyl (C=O) groups is 1. The highest BCUT2D eigenvalue weighted by Crippen LogP contribution is 2.34. The number of carbonyl (C=O) groups excluding carboxylic acids is 1. The van der Waals surface area contributed by atoms with Crippen molar-refractivity contribution in [1.82, 2.24) is 4.57 Å². The average molecular weight is 401 g/mol. The number of aromatic nitrogens is 1. The van der Waals surface area contributed by atoms with E-state index in [1.807, 2.05) is 22.8 Å². The second-order valence-corrected chi connectivity index (χ2v) is 7.39. The Morgan fingerprint density at radius 2 is 1.52 bits per heavy atom. The summed E-state index contributed by atoms with van der Waals surface area (Å²) in [5.41, 5.74) is 0.0115. The maximum Gasteiger partial charge on any atom is 0.417 e. The van der Waals surface area contributed by atoms with Gasteiger partial charge in [0, 0.05) is 34.8 Å². The number of para-hydroxylation sites is 1. The molecule has 0 saturated carbocycles. The number of hydrogen-bond donors (Lipinski definition) is 0. The average Bonchev–Trinajstić information content (AvgIpc) is 3.08. The third-order valence-corrected chi connectivity index (χ3v) is 5.26. The highest BCUT2D eigenvalue weighted by atomic mass is 19.4. The smallest absolute Gasteiger partial charge is 0.347 e. The molecule has 29 heavy (non-hydrogen) atoms. The first kappa shape index (κ1) is 21.2. The minimum atomic E-state index is -4.57. The lowest BCUT2D eigenvalue weighted by molar-refractivity contribution is -0.137. The number of ketones is 1. The van der Waals surface area contributed by atoms with Gasteiger partial charge in [0.25, 0.3) is 0 Å². The molecule has 2 nitrogen and oxygen atoms in total. The third-order valence-electron chi connectivity index (χ3n) is 5.26. The van der Waals surface area contributed by atoms with E-state index in [4.69, 9.17) is 0 Å². The van der Waals surface area contributed by atoms with E-state index in [1.165, 1.54) is 43.9 Å². The van der Waals surface area contributed by atoms with Gasteiger partial charge in [-0.3, -0.25) is 4.79 Å². The molecule has 0 atom stereocenters. The van der Waals surface area contributed by atoms with E-state index in [2.05, 4.69) is 6.92 Å². The molecule has 0 unspecified atom stereocenters. The maximum atomic E-state index is 13.4. The quantitative estimate of drug-likeness (QED) is 0.273. The molecule has 1 aromatic heterocycles. The molecular weight excluding hydrogens is 375 g/mol. The van der Waals surface area contributed by atoms with E-state index in [1.54, 1.807) is 12.3 Å². The van der Waals surface area contributed by atoms with E-state index >= 15 is 0 Å². The lowest BCUT2D eigenvalue weighted by Crippen LogP contribution is -2.13. The summed E-state index contributed by atoms with van der Waals surface area (Å²) >= 11 is 0. The predicted molar refractivity (Wildman–Crippen MR) is 110 cm³/mol. The standard InChI is InChI=1S/C24H26F3NO/c1-2-3-4-5-6-11-16-28-17-20(18-12-8-10-15-22(18)28)23(29)19-13-7-9-14-21(19)24(25,26)27/h7-10,12-15,17H,2-6,11,16H2,1H3. The molecule has 0 aliphatic heterocycles. The molecule has 1 heterocycles. The van der Waals surface area contributed by atoms with Gasteiger partial charge < -0.3 is 4.57 Å². The molecule has 3 aromatic rings. The predicted octanol–water partition coefficient (Wildman–Crippen LogP) is 7.25. The minimum absolute atomic E-state index is 0.303. The summed E-state index contributed by atoms with van der Waals surface area (Å²) in [5, 5.41) is 0.695. The van der Waals surface area contributed by atoms with Crippen molar-refractivity contribution in [3.8, 4) is 0 Å². The van der Waals surface area contributed by atoms with Crippen LogP contribution in [-0.2, 0) is 12.7 Å². The Morgan fingerprint density at radius 1 is 0.862 bits per heavy atom. The first-order valence-electron chi connectivity index (χ1n) is 10.2. The normalized spacial score (nSPS) is 11.9. The van der Waals surface area contributed by atoms with Crippen LogP contribution in [0.2, 0.25) is 0 Å². The van der Waals surface area contributed by atoms with Crippen molar-refractivity contribution in [2.75, 3.05) is 0 Å². The van der Waals surface area contributed by atoms with Gasteiger partial charge in [0.1, 0.15) is 0 Å². The molecule has 0 bridgehead atoms. The molecule has 5 heteroatoms. The number of benzene rings is 2. The Bertz CT molecular complexity index is 972. The number of fused-ring (bicyclic) bond motifs is 1. The molecule has 0 radical (unpaired) electrons. The summed E-state index contributed by atoms with van der Waals surface area (Å²) in [6, 6.07) is 12.4. The fourth-order valence-corrected chi connectivity index (χ4v) is 3.75. The van der Waals surface area contributed by atoms with Crippen LogP contribution in [0.4, 0.5) is 13.2 Å². The first-order valence-corrected chi connectivity index (χ1v) is 10.2. The summed E-state index contributed by atoms with van der Waals surface area (Å²) in [7, 11) is 0. The number of nitrogens with zero attached hydrogens (tertiary/aromatic N) is 1. The fraction of sp³-hybridized carbons (Fsp3) is 0.375. The minimum Gasteiger partial charge on any atom is -0.347 e. The van der Waals surface area contributed by atoms with Gasteiger partial charge in [0.05, 0.1) is 5.56 Å². The van der Waals surface area contributed by atoms with Crippen molar-refractivity contribution in [3.05, 3.63) is 71.4 Å². The van der Waals surface area contributed by atoms with E-state index in [0.29, 0.717) is 10.9 Å². The van der Waals surface area contributed by atoms with Gasteiger partial charge in [-0.15, -0.1) is 0 Å². The number of halogens is 3. The molecule has 2 aromatic carbocycles. The maximum absolute atomic E-state index is 13.4. The molecule has 3 rings (SSSR count). The third kappa shape index (κ3) is 4.89. The van der Waals surface area contributed by atoms with Crippen molar-refractivity contribution < 1.29 is 18.0 Å². The monoisotopic (exact) mass is 401 g/mol. The van der Waals surface area contributed by atoms with E-state index in [-0.39, 0.29) is 5.56 Å². The van der Waals surface area contributed by atoms with Gasteiger partial charge in [-0.05, 0) is 18.6 Å². The lowest BCUT2D eigenvalue weighted by Gasteiger charge is -2.11. The molecule has 0 aliphatic rings. The topological polar surface area (TPSA) is 22.0 Å². The Labute approximate surface area is 169 Å². The largest absolute Gasteiger partial charge is 0.417 e. The molecule has 0 amide bonds. The molecule has 154 valence electrons. The summed E-state index contributed by atoms with van der Waals surface area (Å²) in [4.78, 5) is 13.1. The van der Waals surface area contributed by atoms with Crippen molar-refractivity contribution >= 4 is 16.7 Å². The van der Waals surface area contributed by atoms with Gasteiger partial charge in [-0.1, -0.05) is 75.4 Å². The summed E-state index contributed by atoms with van der Waals surface area (Å²) < 4.78 is 42.1. The van der Waals surface area contributed by atoms with Crippen LogP contribution in [-0.4, -0.2) is 10.4 Å². The van der Waals surface area contributed by atoms with E-state index in [0.717, 1.165) is 31.0 Å². The lowest BCUT2D eigenvalue weighted by atomic mass is 9.98. The molecule has 0 spiro atoms. The van der Waals surface area contributed by atoms with Crippen LogP contribution in [0.5, 0.6) is 0 Å². The van der Waals surface area contributed by atoms with Gasteiger partial charge in [0.15, 0.2) is 5.78 Å². The van der Waals surface area contributed by atoms with Gasteiger partial charge in [-0.2, -0.15) is 13.2 Å². The van der Waals surface area contributed by atoms with Crippen LogP contribution in [0.15, 0.2) is 54.7 Å². The molecular formula is C24H26F3NO. The van der Waals surface area contributed by atoms with Gasteiger partial charge >= 0.3 is 6.18 Å². The van der Waals surface area contributed by atoms with Gasteiger partial charge in [-0.25, -0.2) is 0 Å². The second kappa shape index (κ2) is 9.29. The Morgan fingerprint density at radius 3 is 2.28 bits per heavy atom. The number of unbranched alkanes of at least 4 members (excludes halogenated alkanes) is 5. The summed E-state index contributed by atoms with van der Waals surface area (Å²) in [5.74, 6) is -0.587. The highest BCUT2D eigenvalue weighted by molar-refractivity contribution is 6.17. The first-order chi connectivity index (χ1) is 13.9. The van der Waals surface area contributed by atoms with Crippen LogP contribution in [0, 0.1) is 0 Å². The number of rotatable bonds is 9. The van der Waals surface area contributed by atoms with Crippen molar-refractivity contribution in [2.45, 2.75) is 58.2 Å². The van der Waals surface area contributed by atoms with Crippen molar-refractivity contribution in [2.24, 2.45) is 0 Å². The molecule has 0 N–H and O–H groups in total. The van der Waals surface area contributed by atoms with Gasteiger partial charge in [0.2, 0.25) is 0 Å². The molecule has 0 saturated heterocycles.